The third-order valence-corrected chi connectivity index (χ3v) is 2.66. The number of hydrogen-bond donors (Lipinski definition) is 2. The van der Waals surface area contributed by atoms with E-state index in [0.717, 1.165) is 5.56 Å². The van der Waals surface area contributed by atoms with E-state index in [1.165, 1.54) is 0 Å². The van der Waals surface area contributed by atoms with E-state index >= 15 is 0 Å². The lowest BCUT2D eigenvalue weighted by atomic mass is 10.0. The summed E-state index contributed by atoms with van der Waals surface area (Å²) in [5.41, 5.74) is 1.42. The van der Waals surface area contributed by atoms with E-state index in [2.05, 4.69) is 5.32 Å². The monoisotopic (exact) mass is 249 g/mol. The van der Waals surface area contributed by atoms with Gasteiger partial charge in [-0.2, -0.15) is 0 Å². The van der Waals surface area contributed by atoms with Crippen molar-refractivity contribution >= 4 is 17.6 Å². The van der Waals surface area contributed by atoms with Gasteiger partial charge in [-0.25, -0.2) is 0 Å². The lowest BCUT2D eigenvalue weighted by Crippen LogP contribution is -2.14. The molecule has 4 heteroatoms. The zero-order chi connectivity index (χ0) is 13.7. The molecule has 0 fully saturated rings. The molecule has 0 aliphatic rings. The van der Waals surface area contributed by atoms with Crippen LogP contribution in [0.3, 0.4) is 0 Å². The molecule has 1 amide bonds. The number of carbonyl (C=O) groups is 2. The average Bonchev–Trinajstić information content (AvgIpc) is 2.27. The molecular weight excluding hydrogens is 230 g/mol. The first kappa shape index (κ1) is 14.2. The highest BCUT2D eigenvalue weighted by atomic mass is 16.4. The summed E-state index contributed by atoms with van der Waals surface area (Å²) in [5, 5.41) is 11.7. The van der Waals surface area contributed by atoms with Crippen molar-refractivity contribution in [3.8, 4) is 0 Å². The summed E-state index contributed by atoms with van der Waals surface area (Å²) in [6.45, 7) is 5.60. The van der Waals surface area contributed by atoms with Crippen molar-refractivity contribution < 1.29 is 14.7 Å². The van der Waals surface area contributed by atoms with Crippen molar-refractivity contribution in [2.24, 2.45) is 5.92 Å². The first-order valence-corrected chi connectivity index (χ1v) is 6.02. The molecule has 0 radical (unpaired) electrons. The molecule has 1 rings (SSSR count). The van der Waals surface area contributed by atoms with Crippen LogP contribution in [0.1, 0.15) is 38.7 Å². The van der Waals surface area contributed by atoms with Crippen LogP contribution in [-0.2, 0) is 9.59 Å². The predicted octanol–water partition coefficient (Wildman–Crippen LogP) is 2.86. The Balaban J connectivity index is 2.66. The van der Waals surface area contributed by atoms with Gasteiger partial charge in [0.25, 0.3) is 0 Å². The van der Waals surface area contributed by atoms with Gasteiger partial charge < -0.3 is 10.4 Å². The number of aliphatic carboxylic acids is 1. The Hall–Kier alpha value is -1.84. The molecule has 0 aromatic heterocycles. The third-order valence-electron chi connectivity index (χ3n) is 2.66. The lowest BCUT2D eigenvalue weighted by Gasteiger charge is -2.09. The molecule has 1 aromatic carbocycles. The highest BCUT2D eigenvalue weighted by Crippen LogP contribution is 2.18. The molecule has 0 aliphatic heterocycles. The SMILES string of the molecule is CC(C)CC(=O)Nc1ccc(C(C)C(=O)O)cc1. The second kappa shape index (κ2) is 6.19. The Kier molecular flexibility index (Phi) is 4.89. The maximum atomic E-state index is 11.5. The first-order valence-electron chi connectivity index (χ1n) is 6.02. The smallest absolute Gasteiger partial charge is 0.310 e. The van der Waals surface area contributed by atoms with Crippen molar-refractivity contribution in [3.63, 3.8) is 0 Å². The maximum absolute atomic E-state index is 11.5. The molecule has 0 spiro atoms. The standard InChI is InChI=1S/C14H19NO3/c1-9(2)8-13(16)15-12-6-4-11(5-7-12)10(3)14(17)18/h4-7,9-10H,8H2,1-3H3,(H,15,16)(H,17,18). The second-order valence-electron chi connectivity index (χ2n) is 4.83. The summed E-state index contributed by atoms with van der Waals surface area (Å²) < 4.78 is 0. The summed E-state index contributed by atoms with van der Waals surface area (Å²) in [6.07, 6.45) is 0.479. The minimum Gasteiger partial charge on any atom is -0.481 e. The fourth-order valence-corrected chi connectivity index (χ4v) is 1.58. The predicted molar refractivity (Wildman–Crippen MR) is 70.6 cm³/mol. The summed E-state index contributed by atoms with van der Waals surface area (Å²) in [5.74, 6) is -1.10. The Morgan fingerprint density at radius 3 is 2.17 bits per heavy atom. The molecule has 4 nitrogen and oxygen atoms in total. The van der Waals surface area contributed by atoms with Crippen LogP contribution in [0.15, 0.2) is 24.3 Å². The van der Waals surface area contributed by atoms with E-state index in [-0.39, 0.29) is 5.91 Å². The number of carboxylic acids is 1. The Labute approximate surface area is 107 Å². The summed E-state index contributed by atoms with van der Waals surface area (Å²) in [6, 6.07) is 6.91. The van der Waals surface area contributed by atoms with Crippen molar-refractivity contribution in [2.75, 3.05) is 5.32 Å². The van der Waals surface area contributed by atoms with Gasteiger partial charge >= 0.3 is 5.97 Å². The van der Waals surface area contributed by atoms with Crippen LogP contribution < -0.4 is 5.32 Å². The summed E-state index contributed by atoms with van der Waals surface area (Å²) >= 11 is 0. The molecule has 98 valence electrons. The van der Waals surface area contributed by atoms with E-state index in [9.17, 15) is 9.59 Å². The number of anilines is 1. The molecule has 0 saturated heterocycles. The first-order chi connectivity index (χ1) is 8.40. The van der Waals surface area contributed by atoms with E-state index in [0.29, 0.717) is 18.0 Å². The number of hydrogen-bond acceptors (Lipinski definition) is 2. The van der Waals surface area contributed by atoms with Gasteiger partial charge in [0.1, 0.15) is 0 Å². The highest BCUT2D eigenvalue weighted by molar-refractivity contribution is 5.90. The summed E-state index contributed by atoms with van der Waals surface area (Å²) in [7, 11) is 0. The lowest BCUT2D eigenvalue weighted by molar-refractivity contribution is -0.138. The zero-order valence-electron chi connectivity index (χ0n) is 10.9. The molecule has 1 atom stereocenters. The molecule has 1 aromatic rings. The molecular formula is C14H19NO3. The van der Waals surface area contributed by atoms with Gasteiger partial charge in [-0.1, -0.05) is 26.0 Å². The molecule has 0 aliphatic carbocycles. The zero-order valence-corrected chi connectivity index (χ0v) is 10.9. The van der Waals surface area contributed by atoms with Gasteiger partial charge in [0.2, 0.25) is 5.91 Å². The van der Waals surface area contributed by atoms with E-state index in [4.69, 9.17) is 5.11 Å². The van der Waals surface area contributed by atoms with Crippen LogP contribution in [0, 0.1) is 5.92 Å². The van der Waals surface area contributed by atoms with Gasteiger partial charge in [0.15, 0.2) is 0 Å². The van der Waals surface area contributed by atoms with Gasteiger partial charge in [-0.05, 0) is 30.5 Å². The normalized spacial score (nSPS) is 12.2. The third kappa shape index (κ3) is 4.20. The van der Waals surface area contributed by atoms with Crippen LogP contribution in [-0.4, -0.2) is 17.0 Å². The Morgan fingerprint density at radius 2 is 1.72 bits per heavy atom. The van der Waals surface area contributed by atoms with Crippen LogP contribution in [0.2, 0.25) is 0 Å². The van der Waals surface area contributed by atoms with Gasteiger partial charge in [0.05, 0.1) is 5.92 Å². The Bertz CT molecular complexity index is 423. The number of nitrogens with one attached hydrogen (secondary N) is 1. The molecule has 2 N–H and O–H groups in total. The van der Waals surface area contributed by atoms with Gasteiger partial charge in [-0.3, -0.25) is 9.59 Å². The van der Waals surface area contributed by atoms with E-state index in [1.54, 1.807) is 31.2 Å². The number of benzene rings is 1. The quantitative estimate of drug-likeness (QED) is 0.843. The second-order valence-corrected chi connectivity index (χ2v) is 4.83. The van der Waals surface area contributed by atoms with E-state index < -0.39 is 11.9 Å². The molecule has 0 bridgehead atoms. The fourth-order valence-electron chi connectivity index (χ4n) is 1.58. The number of rotatable bonds is 5. The largest absolute Gasteiger partial charge is 0.481 e. The maximum Gasteiger partial charge on any atom is 0.310 e. The van der Waals surface area contributed by atoms with Crippen LogP contribution >= 0.6 is 0 Å². The number of carbonyl (C=O) groups excluding carboxylic acids is 1. The topological polar surface area (TPSA) is 66.4 Å². The average molecular weight is 249 g/mol. The molecule has 0 heterocycles. The van der Waals surface area contributed by atoms with Crippen LogP contribution in [0.5, 0.6) is 0 Å². The van der Waals surface area contributed by atoms with Crippen molar-refractivity contribution in [3.05, 3.63) is 29.8 Å². The van der Waals surface area contributed by atoms with Gasteiger partial charge in [-0.15, -0.1) is 0 Å². The molecule has 18 heavy (non-hydrogen) atoms. The van der Waals surface area contributed by atoms with Crippen molar-refractivity contribution in [1.29, 1.82) is 0 Å². The van der Waals surface area contributed by atoms with Crippen molar-refractivity contribution in [1.82, 2.24) is 0 Å². The fraction of sp³-hybridized carbons (Fsp3) is 0.429. The number of amides is 1. The highest BCUT2D eigenvalue weighted by Gasteiger charge is 2.13. The minimum absolute atomic E-state index is 0.0240. The van der Waals surface area contributed by atoms with Crippen LogP contribution in [0.25, 0.3) is 0 Å². The minimum atomic E-state index is -0.855. The summed E-state index contributed by atoms with van der Waals surface area (Å²) in [4.78, 5) is 22.4. The van der Waals surface area contributed by atoms with Gasteiger partial charge in [0, 0.05) is 12.1 Å². The Morgan fingerprint density at radius 1 is 1.17 bits per heavy atom. The van der Waals surface area contributed by atoms with Crippen LogP contribution in [0.4, 0.5) is 5.69 Å². The number of carboxylic acid groups (broad SMARTS) is 1. The van der Waals surface area contributed by atoms with Crippen molar-refractivity contribution in [2.45, 2.75) is 33.1 Å². The molecule has 1 unspecified atom stereocenters. The molecule has 0 saturated carbocycles. The van der Waals surface area contributed by atoms with E-state index in [1.807, 2.05) is 13.8 Å².